The summed E-state index contributed by atoms with van der Waals surface area (Å²) in [5.74, 6) is 0. The molecule has 0 heterocycles. The number of aliphatic hydroxyl groups is 1. The fourth-order valence-electron chi connectivity index (χ4n) is 1.74. The third kappa shape index (κ3) is 3.89. The average Bonchev–Trinajstić information content (AvgIpc) is 2.26. The van der Waals surface area contributed by atoms with E-state index in [1.54, 1.807) is 38.9 Å². The molecule has 0 aliphatic carbocycles. The number of hydrogen-bond donors (Lipinski definition) is 2. The minimum atomic E-state index is -0.862. The summed E-state index contributed by atoms with van der Waals surface area (Å²) in [6.45, 7) is 3.77. The monoisotopic (exact) mass is 253 g/mol. The van der Waals surface area contributed by atoms with Gasteiger partial charge in [-0.15, -0.1) is 0 Å². The highest BCUT2D eigenvalue weighted by molar-refractivity contribution is 5.64. The van der Waals surface area contributed by atoms with Crippen molar-refractivity contribution in [2.24, 2.45) is 0 Å². The summed E-state index contributed by atoms with van der Waals surface area (Å²) in [5, 5.41) is 23.5. The van der Waals surface area contributed by atoms with E-state index in [2.05, 4.69) is 5.32 Å². The fourth-order valence-corrected chi connectivity index (χ4v) is 1.74. The van der Waals surface area contributed by atoms with Gasteiger partial charge >= 0.3 is 0 Å². The number of likely N-dealkylation sites (N-methyl/N-ethyl adjacent to an activating group) is 1. The van der Waals surface area contributed by atoms with Crippen LogP contribution in [0, 0.1) is 10.1 Å². The van der Waals surface area contributed by atoms with Gasteiger partial charge in [-0.25, -0.2) is 0 Å². The van der Waals surface area contributed by atoms with Crippen LogP contribution in [0.1, 0.15) is 13.8 Å². The minimum Gasteiger partial charge on any atom is -0.389 e. The van der Waals surface area contributed by atoms with Gasteiger partial charge < -0.3 is 15.3 Å². The number of benzene rings is 1. The molecule has 0 aromatic heterocycles. The summed E-state index contributed by atoms with van der Waals surface area (Å²) in [6, 6.07) is 4.77. The van der Waals surface area contributed by atoms with Crippen LogP contribution in [0.5, 0.6) is 0 Å². The predicted molar refractivity (Wildman–Crippen MR) is 72.2 cm³/mol. The lowest BCUT2D eigenvalue weighted by Crippen LogP contribution is -2.36. The van der Waals surface area contributed by atoms with Crippen molar-refractivity contribution in [3.63, 3.8) is 0 Å². The lowest BCUT2D eigenvalue weighted by molar-refractivity contribution is -0.384. The number of anilines is 2. The van der Waals surface area contributed by atoms with Crippen molar-refractivity contribution in [2.75, 3.05) is 30.9 Å². The highest BCUT2D eigenvalue weighted by Gasteiger charge is 2.18. The fraction of sp³-hybridized carbons (Fsp3) is 0.500. The van der Waals surface area contributed by atoms with Crippen LogP contribution in [0.2, 0.25) is 0 Å². The zero-order valence-corrected chi connectivity index (χ0v) is 11.1. The zero-order valence-electron chi connectivity index (χ0n) is 11.1. The van der Waals surface area contributed by atoms with Gasteiger partial charge in [-0.05, 0) is 19.9 Å². The molecule has 0 saturated carbocycles. The van der Waals surface area contributed by atoms with Crippen LogP contribution < -0.4 is 10.2 Å². The van der Waals surface area contributed by atoms with E-state index in [1.807, 2.05) is 0 Å². The minimum absolute atomic E-state index is 0.0273. The molecule has 0 spiro atoms. The van der Waals surface area contributed by atoms with Gasteiger partial charge in [-0.2, -0.15) is 0 Å². The van der Waals surface area contributed by atoms with E-state index in [-0.39, 0.29) is 5.69 Å². The largest absolute Gasteiger partial charge is 0.389 e. The summed E-state index contributed by atoms with van der Waals surface area (Å²) in [6.07, 6.45) is 0. The van der Waals surface area contributed by atoms with Crippen LogP contribution in [0.4, 0.5) is 17.1 Å². The Morgan fingerprint density at radius 3 is 2.50 bits per heavy atom. The molecule has 18 heavy (non-hydrogen) atoms. The first-order valence-electron chi connectivity index (χ1n) is 5.64. The van der Waals surface area contributed by atoms with Crippen LogP contribution in [0.15, 0.2) is 18.2 Å². The van der Waals surface area contributed by atoms with Crippen LogP contribution in [0.25, 0.3) is 0 Å². The van der Waals surface area contributed by atoms with E-state index in [4.69, 9.17) is 0 Å². The van der Waals surface area contributed by atoms with Gasteiger partial charge in [0.05, 0.1) is 10.5 Å². The third-order valence-electron chi connectivity index (χ3n) is 2.47. The Labute approximate surface area is 106 Å². The van der Waals surface area contributed by atoms with E-state index in [9.17, 15) is 15.2 Å². The highest BCUT2D eigenvalue weighted by Crippen LogP contribution is 2.26. The molecule has 0 bridgehead atoms. The highest BCUT2D eigenvalue weighted by atomic mass is 16.6. The number of hydrogen-bond acceptors (Lipinski definition) is 5. The Kier molecular flexibility index (Phi) is 4.13. The Morgan fingerprint density at radius 1 is 1.44 bits per heavy atom. The topological polar surface area (TPSA) is 78.6 Å². The predicted octanol–water partition coefficient (Wildman–Crippen LogP) is 1.84. The molecule has 0 saturated heterocycles. The standard InChI is InChI=1S/C12H19N3O3/c1-12(2,16)8-14(4)10-5-9(13-3)6-11(7-10)15(17)18/h5-7,13,16H,8H2,1-4H3. The molecule has 0 atom stereocenters. The van der Waals surface area contributed by atoms with E-state index in [1.165, 1.54) is 12.1 Å². The second-order valence-electron chi connectivity index (χ2n) is 4.91. The second kappa shape index (κ2) is 5.22. The number of rotatable bonds is 5. The molecule has 0 aliphatic rings. The summed E-state index contributed by atoms with van der Waals surface area (Å²) in [5.41, 5.74) is 0.524. The molecular formula is C12H19N3O3. The number of nitro benzene ring substituents is 1. The molecule has 0 fully saturated rings. The smallest absolute Gasteiger partial charge is 0.273 e. The number of nitro groups is 1. The Morgan fingerprint density at radius 2 is 2.06 bits per heavy atom. The third-order valence-corrected chi connectivity index (χ3v) is 2.47. The molecule has 0 amide bonds. The first-order chi connectivity index (χ1) is 8.23. The van der Waals surface area contributed by atoms with E-state index in [0.717, 1.165) is 0 Å². The first-order valence-corrected chi connectivity index (χ1v) is 5.64. The molecule has 1 aromatic rings. The SMILES string of the molecule is CNc1cc(N(C)CC(C)(C)O)cc([N+](=O)[O-])c1. The molecule has 0 aliphatic heterocycles. The maximum absolute atomic E-state index is 10.8. The summed E-state index contributed by atoms with van der Waals surface area (Å²) >= 11 is 0. The average molecular weight is 253 g/mol. The van der Waals surface area contributed by atoms with Crippen LogP contribution in [0.3, 0.4) is 0 Å². The molecule has 1 rings (SSSR count). The Balaban J connectivity index is 3.07. The molecule has 2 N–H and O–H groups in total. The van der Waals surface area contributed by atoms with Crippen molar-refractivity contribution in [1.29, 1.82) is 0 Å². The van der Waals surface area contributed by atoms with Crippen molar-refractivity contribution < 1.29 is 10.0 Å². The molecule has 1 aromatic carbocycles. The van der Waals surface area contributed by atoms with Crippen LogP contribution in [-0.4, -0.2) is 36.3 Å². The number of non-ortho nitro benzene ring substituents is 1. The van der Waals surface area contributed by atoms with Gasteiger partial charge in [0.1, 0.15) is 0 Å². The van der Waals surface area contributed by atoms with Gasteiger partial charge in [-0.3, -0.25) is 10.1 Å². The number of nitrogens with one attached hydrogen (secondary N) is 1. The van der Waals surface area contributed by atoms with E-state index < -0.39 is 10.5 Å². The normalized spacial score (nSPS) is 11.2. The van der Waals surface area contributed by atoms with Crippen molar-refractivity contribution in [3.8, 4) is 0 Å². The lowest BCUT2D eigenvalue weighted by Gasteiger charge is -2.27. The maximum atomic E-state index is 10.8. The molecular weight excluding hydrogens is 234 g/mol. The van der Waals surface area contributed by atoms with Crippen molar-refractivity contribution in [2.45, 2.75) is 19.4 Å². The second-order valence-corrected chi connectivity index (χ2v) is 4.91. The van der Waals surface area contributed by atoms with Crippen LogP contribution >= 0.6 is 0 Å². The number of nitrogens with zero attached hydrogens (tertiary/aromatic N) is 2. The van der Waals surface area contributed by atoms with Crippen molar-refractivity contribution in [1.82, 2.24) is 0 Å². The van der Waals surface area contributed by atoms with Gasteiger partial charge in [0, 0.05) is 44.1 Å². The maximum Gasteiger partial charge on any atom is 0.273 e. The van der Waals surface area contributed by atoms with Crippen molar-refractivity contribution in [3.05, 3.63) is 28.3 Å². The van der Waals surface area contributed by atoms with E-state index >= 15 is 0 Å². The summed E-state index contributed by atoms with van der Waals surface area (Å²) in [4.78, 5) is 12.2. The Hall–Kier alpha value is -1.82. The first kappa shape index (κ1) is 14.2. The van der Waals surface area contributed by atoms with Crippen molar-refractivity contribution >= 4 is 17.1 Å². The van der Waals surface area contributed by atoms with E-state index in [0.29, 0.717) is 17.9 Å². The van der Waals surface area contributed by atoms with Gasteiger partial charge in [-0.1, -0.05) is 0 Å². The molecule has 100 valence electrons. The Bertz CT molecular complexity index is 441. The van der Waals surface area contributed by atoms with Gasteiger partial charge in [0.15, 0.2) is 0 Å². The van der Waals surface area contributed by atoms with Gasteiger partial charge in [0.2, 0.25) is 0 Å². The zero-order chi connectivity index (χ0) is 13.9. The quantitative estimate of drug-likeness (QED) is 0.618. The summed E-state index contributed by atoms with van der Waals surface area (Å²) < 4.78 is 0. The van der Waals surface area contributed by atoms with Gasteiger partial charge in [0.25, 0.3) is 5.69 Å². The molecule has 0 unspecified atom stereocenters. The summed E-state index contributed by atoms with van der Waals surface area (Å²) in [7, 11) is 3.50. The lowest BCUT2D eigenvalue weighted by atomic mass is 10.1. The molecule has 0 radical (unpaired) electrons. The molecule has 6 nitrogen and oxygen atoms in total. The van der Waals surface area contributed by atoms with Crippen LogP contribution in [-0.2, 0) is 0 Å². The molecule has 6 heteroatoms.